The average molecular weight is 274 g/mol. The Morgan fingerprint density at radius 3 is 2.82 bits per heavy atom. The van der Waals surface area contributed by atoms with Crippen molar-refractivity contribution in [3.63, 3.8) is 0 Å². The quantitative estimate of drug-likeness (QED) is 0.397. The van der Waals surface area contributed by atoms with Gasteiger partial charge >= 0.3 is 5.97 Å². The van der Waals surface area contributed by atoms with Crippen molar-refractivity contribution in [2.45, 2.75) is 0 Å². The molecule has 0 saturated heterocycles. The van der Waals surface area contributed by atoms with Crippen molar-refractivity contribution < 1.29 is 9.53 Å². The molecule has 0 spiro atoms. The number of halogens is 2. The topological polar surface area (TPSA) is 77.0 Å². The summed E-state index contributed by atoms with van der Waals surface area (Å²) in [6.07, 6.45) is 1.22. The van der Waals surface area contributed by atoms with E-state index >= 15 is 0 Å². The number of methoxy groups -OCH3 is 1. The van der Waals surface area contributed by atoms with Crippen LogP contribution < -0.4 is 5.84 Å². The first-order valence-electron chi connectivity index (χ1n) is 4.43. The smallest absolute Gasteiger partial charge is 0.340 e. The van der Waals surface area contributed by atoms with Gasteiger partial charge in [-0.3, -0.25) is 4.99 Å². The van der Waals surface area contributed by atoms with E-state index in [2.05, 4.69) is 14.8 Å². The Morgan fingerprint density at radius 1 is 1.53 bits per heavy atom. The Balaban J connectivity index is 3.15. The number of esters is 1. The molecule has 0 radical (unpaired) electrons. The van der Waals surface area contributed by atoms with E-state index in [9.17, 15) is 4.79 Å². The third-order valence-corrected chi connectivity index (χ3v) is 2.23. The Labute approximate surface area is 108 Å². The molecule has 0 aliphatic carbocycles. The first kappa shape index (κ1) is 13.5. The molecule has 0 heterocycles. The van der Waals surface area contributed by atoms with Crippen LogP contribution in [0.25, 0.3) is 0 Å². The van der Waals surface area contributed by atoms with Gasteiger partial charge in [-0.25, -0.2) is 4.79 Å². The fourth-order valence-corrected chi connectivity index (χ4v) is 1.27. The fraction of sp³-hybridized carbons (Fsp3) is 0.100. The number of hydrogen-bond donors (Lipinski definition) is 1. The molecule has 0 aromatic heterocycles. The van der Waals surface area contributed by atoms with Crippen LogP contribution >= 0.6 is 23.2 Å². The van der Waals surface area contributed by atoms with Crippen LogP contribution in [0.4, 0.5) is 5.69 Å². The molecule has 0 aliphatic rings. The van der Waals surface area contributed by atoms with Crippen molar-refractivity contribution in [2.24, 2.45) is 15.9 Å². The molecule has 5 nitrogen and oxygen atoms in total. The van der Waals surface area contributed by atoms with Gasteiger partial charge in [-0.15, -0.1) is 0 Å². The molecular formula is C10H9Cl2N3O2. The normalized spacial score (nSPS) is 11.8. The van der Waals surface area contributed by atoms with Gasteiger partial charge < -0.3 is 10.6 Å². The predicted molar refractivity (Wildman–Crippen MR) is 68.4 cm³/mol. The number of carbonyl (C=O) groups is 1. The minimum absolute atomic E-state index is 0.00997. The van der Waals surface area contributed by atoms with Gasteiger partial charge in [0.25, 0.3) is 0 Å². The van der Waals surface area contributed by atoms with Crippen molar-refractivity contribution in [3.05, 3.63) is 28.8 Å². The van der Waals surface area contributed by atoms with Gasteiger partial charge in [0.2, 0.25) is 0 Å². The van der Waals surface area contributed by atoms with Crippen LogP contribution in [0.15, 0.2) is 28.3 Å². The van der Waals surface area contributed by atoms with Crippen LogP contribution in [0.1, 0.15) is 10.4 Å². The number of ether oxygens (including phenoxy) is 1. The van der Waals surface area contributed by atoms with Gasteiger partial charge in [-0.1, -0.05) is 23.2 Å². The molecule has 7 heteroatoms. The summed E-state index contributed by atoms with van der Waals surface area (Å²) >= 11 is 11.3. The highest BCUT2D eigenvalue weighted by molar-refractivity contribution is 6.79. The van der Waals surface area contributed by atoms with Gasteiger partial charge in [-0.05, 0) is 18.2 Å². The van der Waals surface area contributed by atoms with Gasteiger partial charge in [0.15, 0.2) is 5.17 Å². The number of hydrazone groups is 1. The zero-order valence-corrected chi connectivity index (χ0v) is 10.4. The fourth-order valence-electron chi connectivity index (χ4n) is 1.05. The molecular weight excluding hydrogens is 265 g/mol. The SMILES string of the molecule is COC(=O)c1cc(Cl)ccc1N=CC(Cl)=NN. The summed E-state index contributed by atoms with van der Waals surface area (Å²) in [7, 11) is 1.27. The molecule has 17 heavy (non-hydrogen) atoms. The number of nitrogens with two attached hydrogens (primary N) is 1. The van der Waals surface area contributed by atoms with Crippen molar-refractivity contribution in [1.82, 2.24) is 0 Å². The standard InChI is InChI=1S/C10H9Cl2N3O2/c1-17-10(16)7-4-6(11)2-3-8(7)14-5-9(12)15-13/h2-5H,13H2,1H3. The van der Waals surface area contributed by atoms with Crippen LogP contribution in [-0.2, 0) is 4.74 Å². The monoisotopic (exact) mass is 273 g/mol. The maximum atomic E-state index is 11.5. The molecule has 0 fully saturated rings. The largest absolute Gasteiger partial charge is 0.465 e. The molecule has 1 aromatic rings. The zero-order chi connectivity index (χ0) is 12.8. The highest BCUT2D eigenvalue weighted by Crippen LogP contribution is 2.23. The molecule has 1 rings (SSSR count). The minimum atomic E-state index is -0.541. The molecule has 0 aliphatic heterocycles. The summed E-state index contributed by atoms with van der Waals surface area (Å²) in [5, 5.41) is 3.62. The molecule has 0 bridgehead atoms. The Morgan fingerprint density at radius 2 is 2.24 bits per heavy atom. The van der Waals surface area contributed by atoms with Crippen molar-refractivity contribution in [1.29, 1.82) is 0 Å². The van der Waals surface area contributed by atoms with Gasteiger partial charge in [-0.2, -0.15) is 5.10 Å². The van der Waals surface area contributed by atoms with Crippen LogP contribution in [0.5, 0.6) is 0 Å². The number of aliphatic imine (C=N–C) groups is 1. The van der Waals surface area contributed by atoms with Crippen molar-refractivity contribution >= 4 is 46.2 Å². The number of nitrogens with zero attached hydrogens (tertiary/aromatic N) is 2. The Bertz CT molecular complexity index is 486. The first-order chi connectivity index (χ1) is 8.08. The maximum Gasteiger partial charge on any atom is 0.340 e. The van der Waals surface area contributed by atoms with E-state index < -0.39 is 5.97 Å². The van der Waals surface area contributed by atoms with E-state index in [0.717, 1.165) is 0 Å². The molecule has 0 atom stereocenters. The van der Waals surface area contributed by atoms with Gasteiger partial charge in [0, 0.05) is 5.02 Å². The van der Waals surface area contributed by atoms with Crippen LogP contribution in [0.3, 0.4) is 0 Å². The molecule has 0 amide bonds. The number of rotatable bonds is 3. The van der Waals surface area contributed by atoms with Crippen LogP contribution in [0, 0.1) is 0 Å². The van der Waals surface area contributed by atoms with Crippen LogP contribution in [0.2, 0.25) is 5.02 Å². The summed E-state index contributed by atoms with van der Waals surface area (Å²) in [6, 6.07) is 4.60. The molecule has 0 saturated carbocycles. The van der Waals surface area contributed by atoms with E-state index in [4.69, 9.17) is 29.0 Å². The lowest BCUT2D eigenvalue weighted by molar-refractivity contribution is 0.0601. The second-order valence-corrected chi connectivity index (χ2v) is 3.69. The van der Waals surface area contributed by atoms with E-state index in [1.54, 1.807) is 12.1 Å². The Kier molecular flexibility index (Phi) is 4.93. The second kappa shape index (κ2) is 6.22. The second-order valence-electron chi connectivity index (χ2n) is 2.86. The summed E-state index contributed by atoms with van der Waals surface area (Å²) in [5.74, 6) is 4.40. The lowest BCUT2D eigenvalue weighted by Crippen LogP contribution is -2.02. The zero-order valence-electron chi connectivity index (χ0n) is 8.85. The van der Waals surface area contributed by atoms with Crippen LogP contribution in [-0.4, -0.2) is 24.5 Å². The van der Waals surface area contributed by atoms with E-state index in [1.165, 1.54) is 19.4 Å². The average Bonchev–Trinajstić information content (AvgIpc) is 2.35. The minimum Gasteiger partial charge on any atom is -0.465 e. The first-order valence-corrected chi connectivity index (χ1v) is 5.19. The van der Waals surface area contributed by atoms with E-state index in [1.807, 2.05) is 0 Å². The lowest BCUT2D eigenvalue weighted by Gasteiger charge is -2.03. The van der Waals surface area contributed by atoms with Gasteiger partial charge in [0.1, 0.15) is 0 Å². The van der Waals surface area contributed by atoms with Crippen molar-refractivity contribution in [3.8, 4) is 0 Å². The van der Waals surface area contributed by atoms with Crippen molar-refractivity contribution in [2.75, 3.05) is 7.11 Å². The number of benzene rings is 1. The Hall–Kier alpha value is -1.59. The number of carbonyl (C=O) groups excluding carboxylic acids is 1. The maximum absolute atomic E-state index is 11.5. The molecule has 1 aromatic carbocycles. The summed E-state index contributed by atoms with van der Waals surface area (Å²) in [5.41, 5.74) is 0.598. The van der Waals surface area contributed by atoms with Gasteiger partial charge in [0.05, 0.1) is 24.6 Å². The molecule has 90 valence electrons. The van der Waals surface area contributed by atoms with E-state index in [-0.39, 0.29) is 10.7 Å². The third kappa shape index (κ3) is 3.72. The highest BCUT2D eigenvalue weighted by atomic mass is 35.5. The summed E-state index contributed by atoms with van der Waals surface area (Å²) < 4.78 is 4.61. The highest BCUT2D eigenvalue weighted by Gasteiger charge is 2.11. The molecule has 0 unspecified atom stereocenters. The summed E-state index contributed by atoms with van der Waals surface area (Å²) in [6.45, 7) is 0. The van der Waals surface area contributed by atoms with E-state index in [0.29, 0.717) is 10.7 Å². The lowest BCUT2D eigenvalue weighted by atomic mass is 10.2. The molecule has 2 N–H and O–H groups in total. The predicted octanol–water partition coefficient (Wildman–Crippen LogP) is 2.34. The third-order valence-electron chi connectivity index (χ3n) is 1.80. The number of hydrogen-bond acceptors (Lipinski definition) is 5. The summed E-state index contributed by atoms with van der Waals surface area (Å²) in [4.78, 5) is 15.4.